The molecule has 0 bridgehead atoms. The van der Waals surface area contributed by atoms with Crippen LogP contribution < -0.4 is 10.6 Å². The van der Waals surface area contributed by atoms with Crippen molar-refractivity contribution < 1.29 is 5.11 Å². The number of nitrogens with one attached hydrogen (secondary N) is 2. The van der Waals surface area contributed by atoms with E-state index >= 15 is 0 Å². The summed E-state index contributed by atoms with van der Waals surface area (Å²) in [5.41, 5.74) is 3.97. The van der Waals surface area contributed by atoms with Crippen molar-refractivity contribution >= 4 is 33.2 Å². The zero-order valence-electron chi connectivity index (χ0n) is 14.4. The summed E-state index contributed by atoms with van der Waals surface area (Å²) in [6.45, 7) is 0. The molecule has 5 heteroatoms. The molecule has 3 aromatic carbocycles. The van der Waals surface area contributed by atoms with Crippen molar-refractivity contribution in [2.24, 2.45) is 0 Å². The minimum Gasteiger partial charge on any atom is -0.508 e. The number of halogens is 2. The lowest BCUT2D eigenvalue weighted by molar-refractivity contribution is 0.419. The van der Waals surface area contributed by atoms with Crippen LogP contribution in [0.3, 0.4) is 0 Å². The van der Waals surface area contributed by atoms with E-state index in [9.17, 15) is 5.11 Å². The van der Waals surface area contributed by atoms with Crippen molar-refractivity contribution in [2.75, 3.05) is 0 Å². The zero-order chi connectivity index (χ0) is 18.8. The second kappa shape index (κ2) is 7.77. The molecule has 0 saturated carbocycles. The van der Waals surface area contributed by atoms with Crippen LogP contribution in [0.1, 0.15) is 28.9 Å². The van der Waals surface area contributed by atoms with E-state index in [0.717, 1.165) is 26.9 Å². The molecule has 27 heavy (non-hydrogen) atoms. The summed E-state index contributed by atoms with van der Waals surface area (Å²) in [7, 11) is 0. The van der Waals surface area contributed by atoms with E-state index in [1.54, 1.807) is 6.07 Å². The van der Waals surface area contributed by atoms with Gasteiger partial charge in [0.1, 0.15) is 11.9 Å². The molecule has 3 N–H and O–H groups in total. The molecular formula is C22H18BrClN2O. The van der Waals surface area contributed by atoms with Gasteiger partial charge in [0.05, 0.1) is 6.04 Å². The van der Waals surface area contributed by atoms with E-state index in [0.29, 0.717) is 5.02 Å². The number of hydrogen-bond acceptors (Lipinski definition) is 3. The van der Waals surface area contributed by atoms with E-state index in [2.05, 4.69) is 44.8 Å². The quantitative estimate of drug-likeness (QED) is 0.482. The van der Waals surface area contributed by atoms with Gasteiger partial charge in [0.2, 0.25) is 0 Å². The van der Waals surface area contributed by atoms with Gasteiger partial charge in [-0.05, 0) is 47.5 Å². The first-order valence-corrected chi connectivity index (χ1v) is 9.81. The summed E-state index contributed by atoms with van der Waals surface area (Å²) in [6, 6.07) is 23.2. The van der Waals surface area contributed by atoms with Crippen LogP contribution in [0.4, 0.5) is 0 Å². The van der Waals surface area contributed by atoms with Gasteiger partial charge in [-0.2, -0.15) is 0 Å². The number of rotatable bonds is 3. The summed E-state index contributed by atoms with van der Waals surface area (Å²) in [5.74, 6) is 0.275. The first-order chi connectivity index (χ1) is 13.1. The maximum absolute atomic E-state index is 10.3. The van der Waals surface area contributed by atoms with E-state index in [-0.39, 0.29) is 18.0 Å². The number of aromatic hydroxyl groups is 1. The fourth-order valence-corrected chi connectivity index (χ4v) is 3.79. The van der Waals surface area contributed by atoms with E-state index in [1.807, 2.05) is 54.6 Å². The SMILES string of the molecule is Oc1ccccc1C1C=C(c2ccc(Cl)cc2)NC(c2cccc(Br)c2)N1. The van der Waals surface area contributed by atoms with Crippen LogP contribution in [0, 0.1) is 0 Å². The van der Waals surface area contributed by atoms with Crippen LogP contribution in [0.5, 0.6) is 5.75 Å². The molecule has 1 aliphatic heterocycles. The maximum atomic E-state index is 10.3. The zero-order valence-corrected chi connectivity index (χ0v) is 16.7. The summed E-state index contributed by atoms with van der Waals surface area (Å²) in [5, 5.41) is 18.2. The van der Waals surface area contributed by atoms with Gasteiger partial charge < -0.3 is 10.4 Å². The Morgan fingerprint density at radius 2 is 1.70 bits per heavy atom. The molecular weight excluding hydrogens is 424 g/mol. The predicted octanol–water partition coefficient (Wildman–Crippen LogP) is 5.78. The molecule has 0 spiro atoms. The summed E-state index contributed by atoms with van der Waals surface area (Å²) in [6.07, 6.45) is 1.98. The summed E-state index contributed by atoms with van der Waals surface area (Å²) < 4.78 is 1.02. The number of para-hydroxylation sites is 1. The van der Waals surface area contributed by atoms with E-state index < -0.39 is 0 Å². The van der Waals surface area contributed by atoms with Crippen LogP contribution in [0.15, 0.2) is 83.3 Å². The van der Waals surface area contributed by atoms with Gasteiger partial charge in [0, 0.05) is 20.8 Å². The van der Waals surface area contributed by atoms with Gasteiger partial charge >= 0.3 is 0 Å². The van der Waals surface area contributed by atoms with Gasteiger partial charge in [0.15, 0.2) is 0 Å². The van der Waals surface area contributed by atoms with Gasteiger partial charge in [-0.15, -0.1) is 0 Å². The molecule has 0 saturated heterocycles. The third kappa shape index (κ3) is 4.03. The fraction of sp³-hybridized carbons (Fsp3) is 0.0909. The lowest BCUT2D eigenvalue weighted by atomic mass is 9.98. The van der Waals surface area contributed by atoms with Crippen LogP contribution in [0.25, 0.3) is 5.70 Å². The van der Waals surface area contributed by atoms with Gasteiger partial charge in [-0.1, -0.05) is 70.0 Å². The molecule has 4 rings (SSSR count). The highest BCUT2D eigenvalue weighted by molar-refractivity contribution is 9.10. The maximum Gasteiger partial charge on any atom is 0.120 e. The first kappa shape index (κ1) is 18.1. The van der Waals surface area contributed by atoms with Crippen molar-refractivity contribution in [3.63, 3.8) is 0 Å². The highest BCUT2D eigenvalue weighted by atomic mass is 79.9. The third-order valence-electron chi connectivity index (χ3n) is 4.59. The molecule has 2 atom stereocenters. The van der Waals surface area contributed by atoms with E-state index in [1.165, 1.54) is 0 Å². The molecule has 1 aliphatic rings. The number of phenols is 1. The molecule has 0 aliphatic carbocycles. The van der Waals surface area contributed by atoms with Crippen LogP contribution >= 0.6 is 27.5 Å². The third-order valence-corrected chi connectivity index (χ3v) is 5.33. The second-order valence-corrected chi connectivity index (χ2v) is 7.77. The molecule has 3 nitrogen and oxygen atoms in total. The number of hydrogen-bond donors (Lipinski definition) is 3. The lowest BCUT2D eigenvalue weighted by Crippen LogP contribution is -2.39. The topological polar surface area (TPSA) is 44.3 Å². The second-order valence-electron chi connectivity index (χ2n) is 6.42. The molecule has 0 aromatic heterocycles. The molecule has 0 radical (unpaired) electrons. The fourth-order valence-electron chi connectivity index (χ4n) is 3.24. The Labute approximate surface area is 171 Å². The Balaban J connectivity index is 1.76. The Kier molecular flexibility index (Phi) is 5.21. The lowest BCUT2D eigenvalue weighted by Gasteiger charge is -2.33. The monoisotopic (exact) mass is 440 g/mol. The van der Waals surface area contributed by atoms with Gasteiger partial charge in [0.25, 0.3) is 0 Å². The Morgan fingerprint density at radius 1 is 0.926 bits per heavy atom. The van der Waals surface area contributed by atoms with Gasteiger partial charge in [-0.3, -0.25) is 5.32 Å². The minimum atomic E-state index is -0.137. The number of phenolic OH excluding ortho intramolecular Hbond substituents is 1. The molecule has 2 unspecified atom stereocenters. The molecule has 0 amide bonds. The van der Waals surface area contributed by atoms with Crippen molar-refractivity contribution in [1.82, 2.24) is 10.6 Å². The average Bonchev–Trinajstić information content (AvgIpc) is 2.68. The van der Waals surface area contributed by atoms with Crippen molar-refractivity contribution in [3.8, 4) is 5.75 Å². The average molecular weight is 442 g/mol. The Bertz CT molecular complexity index is 988. The van der Waals surface area contributed by atoms with Gasteiger partial charge in [-0.25, -0.2) is 0 Å². The highest BCUT2D eigenvalue weighted by Crippen LogP contribution is 2.33. The summed E-state index contributed by atoms with van der Waals surface area (Å²) >= 11 is 9.59. The Hall–Kier alpha value is -2.27. The minimum absolute atomic E-state index is 0.109. The number of benzene rings is 3. The first-order valence-electron chi connectivity index (χ1n) is 8.64. The smallest absolute Gasteiger partial charge is 0.120 e. The van der Waals surface area contributed by atoms with Crippen LogP contribution in [-0.4, -0.2) is 5.11 Å². The molecule has 1 heterocycles. The van der Waals surface area contributed by atoms with Crippen LogP contribution in [-0.2, 0) is 0 Å². The van der Waals surface area contributed by atoms with Crippen molar-refractivity contribution in [2.45, 2.75) is 12.2 Å². The summed E-state index contributed by atoms with van der Waals surface area (Å²) in [4.78, 5) is 0. The normalized spacial score (nSPS) is 19.3. The largest absolute Gasteiger partial charge is 0.508 e. The molecule has 3 aromatic rings. The predicted molar refractivity (Wildman–Crippen MR) is 113 cm³/mol. The standard InChI is InChI=1S/C22H18BrClN2O/c23-16-5-3-4-15(12-16)22-25-19(14-8-10-17(24)11-9-14)13-20(26-22)18-6-1-2-7-21(18)27/h1-13,20,22,25-27H. The van der Waals surface area contributed by atoms with E-state index in [4.69, 9.17) is 11.6 Å². The van der Waals surface area contributed by atoms with Crippen LogP contribution in [0.2, 0.25) is 5.02 Å². The van der Waals surface area contributed by atoms with Crippen molar-refractivity contribution in [3.05, 3.63) is 105 Å². The molecule has 0 fully saturated rings. The molecule has 136 valence electrons. The Morgan fingerprint density at radius 3 is 2.44 bits per heavy atom. The highest BCUT2D eigenvalue weighted by Gasteiger charge is 2.25. The van der Waals surface area contributed by atoms with Crippen molar-refractivity contribution in [1.29, 1.82) is 0 Å².